The summed E-state index contributed by atoms with van der Waals surface area (Å²) < 4.78 is 0. The van der Waals surface area contributed by atoms with Crippen molar-refractivity contribution in [3.8, 4) is 0 Å². The van der Waals surface area contributed by atoms with Gasteiger partial charge in [0, 0.05) is 24.0 Å². The number of piperidine rings is 1. The summed E-state index contributed by atoms with van der Waals surface area (Å²) in [5, 5.41) is 3.41. The van der Waals surface area contributed by atoms with Crippen molar-refractivity contribution in [2.24, 2.45) is 5.92 Å². The van der Waals surface area contributed by atoms with Gasteiger partial charge in [0.25, 0.3) is 0 Å². The van der Waals surface area contributed by atoms with Gasteiger partial charge in [-0.25, -0.2) is 0 Å². The zero-order valence-corrected chi connectivity index (χ0v) is 11.9. The summed E-state index contributed by atoms with van der Waals surface area (Å²) in [6.07, 6.45) is 4.45. The summed E-state index contributed by atoms with van der Waals surface area (Å²) in [5.74, 6) is 0.671. The molecule has 2 rings (SSSR count). The minimum Gasteiger partial charge on any atom is -0.337 e. The molecule has 0 radical (unpaired) electrons. The monoisotopic (exact) mass is 260 g/mol. The molecule has 2 fully saturated rings. The zero-order valence-electron chi connectivity index (χ0n) is 11.1. The normalized spacial score (nSPS) is 28.7. The van der Waals surface area contributed by atoms with E-state index >= 15 is 0 Å². The Kier molecular flexibility index (Phi) is 5.26. The van der Waals surface area contributed by atoms with E-state index in [0.717, 1.165) is 19.4 Å². The number of nitrogens with one attached hydrogen (secondary N) is 1. The quantitative estimate of drug-likeness (QED) is 0.844. The average molecular weight is 261 g/mol. The number of amides is 1. The van der Waals surface area contributed by atoms with E-state index in [1.807, 2.05) is 0 Å². The highest BCUT2D eigenvalue weighted by Gasteiger charge is 2.38. The van der Waals surface area contributed by atoms with Crippen LogP contribution in [0.1, 0.15) is 46.5 Å². The van der Waals surface area contributed by atoms with Crippen molar-refractivity contribution in [2.75, 3.05) is 6.54 Å². The van der Waals surface area contributed by atoms with Crippen LogP contribution < -0.4 is 5.32 Å². The summed E-state index contributed by atoms with van der Waals surface area (Å²) >= 11 is 0. The number of halogens is 1. The molecule has 0 bridgehead atoms. The molecule has 0 spiro atoms. The molecule has 0 unspecified atom stereocenters. The van der Waals surface area contributed by atoms with E-state index in [-0.39, 0.29) is 18.3 Å². The van der Waals surface area contributed by atoms with Gasteiger partial charge in [0.15, 0.2) is 0 Å². The fourth-order valence-electron chi connectivity index (χ4n) is 2.78. The van der Waals surface area contributed by atoms with Crippen molar-refractivity contribution in [1.29, 1.82) is 0 Å². The first-order valence-corrected chi connectivity index (χ1v) is 6.65. The molecule has 1 aliphatic heterocycles. The topological polar surface area (TPSA) is 32.3 Å². The van der Waals surface area contributed by atoms with Gasteiger partial charge in [0.2, 0.25) is 5.91 Å². The number of carbonyl (C=O) groups excluding carboxylic acids is 1. The van der Waals surface area contributed by atoms with Crippen molar-refractivity contribution in [1.82, 2.24) is 10.2 Å². The van der Waals surface area contributed by atoms with Gasteiger partial charge >= 0.3 is 0 Å². The van der Waals surface area contributed by atoms with Crippen molar-refractivity contribution < 1.29 is 4.79 Å². The Hall–Kier alpha value is -0.280. The van der Waals surface area contributed by atoms with E-state index in [1.54, 1.807) is 0 Å². The van der Waals surface area contributed by atoms with E-state index in [2.05, 4.69) is 31.0 Å². The molecule has 0 aromatic heterocycles. The predicted molar refractivity (Wildman–Crippen MR) is 72.4 cm³/mol. The second-order valence-corrected chi connectivity index (χ2v) is 5.65. The van der Waals surface area contributed by atoms with Gasteiger partial charge in [-0.1, -0.05) is 0 Å². The highest BCUT2D eigenvalue weighted by Crippen LogP contribution is 2.31. The predicted octanol–water partition coefficient (Wildman–Crippen LogP) is 2.20. The Morgan fingerprint density at radius 1 is 1.29 bits per heavy atom. The molecule has 2 atom stereocenters. The van der Waals surface area contributed by atoms with Gasteiger partial charge in [0.1, 0.15) is 0 Å². The van der Waals surface area contributed by atoms with E-state index < -0.39 is 0 Å². The third-order valence-corrected chi connectivity index (χ3v) is 3.72. The number of hydrogen-bond donors (Lipinski definition) is 1. The maximum absolute atomic E-state index is 12.5. The third-order valence-electron chi connectivity index (χ3n) is 3.72. The SMILES string of the molecule is CC(C)N(C(=O)[C@H]1CCN[C@@H](C)C1)C1CC1.Cl. The van der Waals surface area contributed by atoms with Crippen LogP contribution in [0.3, 0.4) is 0 Å². The lowest BCUT2D eigenvalue weighted by Crippen LogP contribution is -2.47. The van der Waals surface area contributed by atoms with Crippen LogP contribution in [0.4, 0.5) is 0 Å². The summed E-state index contributed by atoms with van der Waals surface area (Å²) in [7, 11) is 0. The highest BCUT2D eigenvalue weighted by atomic mass is 35.5. The lowest BCUT2D eigenvalue weighted by molar-refractivity contribution is -0.139. The molecule has 4 heteroatoms. The van der Waals surface area contributed by atoms with Crippen molar-refractivity contribution >= 4 is 18.3 Å². The van der Waals surface area contributed by atoms with E-state index in [9.17, 15) is 4.79 Å². The van der Waals surface area contributed by atoms with Crippen molar-refractivity contribution in [3.05, 3.63) is 0 Å². The van der Waals surface area contributed by atoms with E-state index in [0.29, 0.717) is 24.0 Å². The minimum atomic E-state index is 0. The first-order valence-electron chi connectivity index (χ1n) is 6.65. The fourth-order valence-corrected chi connectivity index (χ4v) is 2.78. The first-order chi connectivity index (χ1) is 7.59. The lowest BCUT2D eigenvalue weighted by atomic mass is 9.91. The standard InChI is InChI=1S/C13H24N2O.ClH/c1-9(2)15(12-4-5-12)13(16)11-6-7-14-10(3)8-11;/h9-12,14H,4-8H2,1-3H3;1H/t10-,11-;/m0./s1. The summed E-state index contributed by atoms with van der Waals surface area (Å²) in [5.41, 5.74) is 0. The van der Waals surface area contributed by atoms with Gasteiger partial charge < -0.3 is 10.2 Å². The Morgan fingerprint density at radius 2 is 1.94 bits per heavy atom. The number of nitrogens with zero attached hydrogens (tertiary/aromatic N) is 1. The Bertz CT molecular complexity index is 264. The van der Waals surface area contributed by atoms with Crippen molar-refractivity contribution in [2.45, 2.75) is 64.6 Å². The molecule has 1 saturated carbocycles. The van der Waals surface area contributed by atoms with Gasteiger partial charge in [-0.2, -0.15) is 0 Å². The lowest BCUT2D eigenvalue weighted by Gasteiger charge is -2.34. The molecule has 0 aromatic carbocycles. The summed E-state index contributed by atoms with van der Waals surface area (Å²) in [4.78, 5) is 14.6. The molecule has 2 aliphatic rings. The smallest absolute Gasteiger partial charge is 0.226 e. The Labute approximate surface area is 111 Å². The molecule has 3 nitrogen and oxygen atoms in total. The number of hydrogen-bond acceptors (Lipinski definition) is 2. The van der Waals surface area contributed by atoms with Crippen LogP contribution in [-0.2, 0) is 4.79 Å². The molecule has 0 aromatic rings. The van der Waals surface area contributed by atoms with Crippen LogP contribution in [0.2, 0.25) is 0 Å². The first kappa shape index (κ1) is 14.8. The van der Waals surface area contributed by atoms with Gasteiger partial charge in [-0.15, -0.1) is 12.4 Å². The van der Waals surface area contributed by atoms with E-state index in [1.165, 1.54) is 12.8 Å². The minimum absolute atomic E-state index is 0. The number of rotatable bonds is 3. The fraction of sp³-hybridized carbons (Fsp3) is 0.923. The van der Waals surface area contributed by atoms with Crippen molar-refractivity contribution in [3.63, 3.8) is 0 Å². The second-order valence-electron chi connectivity index (χ2n) is 5.65. The number of carbonyl (C=O) groups is 1. The summed E-state index contributed by atoms with van der Waals surface area (Å²) in [6.45, 7) is 7.45. The van der Waals surface area contributed by atoms with Crippen LogP contribution >= 0.6 is 12.4 Å². The molecule has 1 N–H and O–H groups in total. The maximum atomic E-state index is 12.5. The zero-order chi connectivity index (χ0) is 11.7. The second kappa shape index (κ2) is 6.05. The molecular formula is C13H25ClN2O. The molecule has 1 saturated heterocycles. The molecule has 1 aliphatic carbocycles. The highest BCUT2D eigenvalue weighted by molar-refractivity contribution is 5.85. The largest absolute Gasteiger partial charge is 0.337 e. The Morgan fingerprint density at radius 3 is 2.41 bits per heavy atom. The molecule has 17 heavy (non-hydrogen) atoms. The third kappa shape index (κ3) is 3.59. The average Bonchev–Trinajstić information content (AvgIpc) is 3.01. The van der Waals surface area contributed by atoms with Crippen LogP contribution in [0.15, 0.2) is 0 Å². The van der Waals surface area contributed by atoms with Gasteiger partial charge in [-0.3, -0.25) is 4.79 Å². The van der Waals surface area contributed by atoms with Gasteiger partial charge in [-0.05, 0) is 53.0 Å². The molecule has 1 amide bonds. The molecular weight excluding hydrogens is 236 g/mol. The summed E-state index contributed by atoms with van der Waals surface area (Å²) in [6, 6.07) is 1.42. The molecule has 1 heterocycles. The Balaban J connectivity index is 0.00000144. The van der Waals surface area contributed by atoms with Crippen LogP contribution in [0.25, 0.3) is 0 Å². The van der Waals surface area contributed by atoms with Crippen LogP contribution in [0.5, 0.6) is 0 Å². The van der Waals surface area contributed by atoms with Crippen LogP contribution in [0, 0.1) is 5.92 Å². The van der Waals surface area contributed by atoms with E-state index in [4.69, 9.17) is 0 Å². The van der Waals surface area contributed by atoms with Crippen LogP contribution in [-0.4, -0.2) is 35.5 Å². The maximum Gasteiger partial charge on any atom is 0.226 e. The van der Waals surface area contributed by atoms with Gasteiger partial charge in [0.05, 0.1) is 0 Å². The molecule has 100 valence electrons.